The fourth-order valence-corrected chi connectivity index (χ4v) is 2.89. The third-order valence-electron chi connectivity index (χ3n) is 3.98. The van der Waals surface area contributed by atoms with Crippen LogP contribution in [0.1, 0.15) is 18.1 Å². The highest BCUT2D eigenvalue weighted by atomic mass is 35.5. The van der Waals surface area contributed by atoms with Gasteiger partial charge in [0.25, 0.3) is 0 Å². The summed E-state index contributed by atoms with van der Waals surface area (Å²) in [5.41, 5.74) is 3.05. The molecule has 0 aliphatic rings. The van der Waals surface area contributed by atoms with Crippen molar-refractivity contribution in [3.05, 3.63) is 87.9 Å². The van der Waals surface area contributed by atoms with Crippen molar-refractivity contribution in [3.8, 4) is 11.5 Å². The molecule has 0 amide bonds. The zero-order valence-corrected chi connectivity index (χ0v) is 16.6. The average molecular weight is 402 g/mol. The summed E-state index contributed by atoms with van der Waals surface area (Å²) >= 11 is 11.9. The highest BCUT2D eigenvalue weighted by Gasteiger charge is 2.11. The number of ether oxygens (including phenoxy) is 2. The van der Waals surface area contributed by atoms with Gasteiger partial charge in [-0.15, -0.1) is 0 Å². The summed E-state index contributed by atoms with van der Waals surface area (Å²) < 4.78 is 11.9. The van der Waals surface area contributed by atoms with E-state index >= 15 is 0 Å². The molecular weight excluding hydrogens is 381 g/mol. The molecule has 5 heteroatoms. The first-order valence-corrected chi connectivity index (χ1v) is 9.52. The number of hydrogen-bond donors (Lipinski definition) is 1. The van der Waals surface area contributed by atoms with Gasteiger partial charge in [0.05, 0.1) is 6.61 Å². The highest BCUT2D eigenvalue weighted by Crippen LogP contribution is 2.33. The normalized spacial score (nSPS) is 10.5. The minimum Gasteiger partial charge on any atom is -0.490 e. The Kier molecular flexibility index (Phi) is 6.86. The summed E-state index contributed by atoms with van der Waals surface area (Å²) in [6, 6.07) is 21.2. The van der Waals surface area contributed by atoms with Crippen LogP contribution in [0.15, 0.2) is 66.7 Å². The fourth-order valence-electron chi connectivity index (χ4n) is 2.63. The van der Waals surface area contributed by atoms with Crippen molar-refractivity contribution in [2.75, 3.05) is 11.9 Å². The third-order valence-corrected chi connectivity index (χ3v) is 4.49. The van der Waals surface area contributed by atoms with Crippen molar-refractivity contribution in [3.63, 3.8) is 0 Å². The Balaban J connectivity index is 1.76. The molecule has 0 bridgehead atoms. The van der Waals surface area contributed by atoms with Crippen molar-refractivity contribution in [1.82, 2.24) is 0 Å². The molecule has 3 aromatic rings. The van der Waals surface area contributed by atoms with Crippen molar-refractivity contribution in [2.24, 2.45) is 0 Å². The molecule has 140 valence electrons. The minimum atomic E-state index is 0.440. The zero-order valence-electron chi connectivity index (χ0n) is 15.0. The van der Waals surface area contributed by atoms with Crippen molar-refractivity contribution in [1.29, 1.82) is 0 Å². The molecule has 1 N–H and O–H groups in total. The molecule has 0 atom stereocenters. The van der Waals surface area contributed by atoms with E-state index in [1.54, 1.807) is 0 Å². The third kappa shape index (κ3) is 5.56. The van der Waals surface area contributed by atoms with E-state index in [2.05, 4.69) is 5.32 Å². The smallest absolute Gasteiger partial charge is 0.166 e. The molecule has 0 spiro atoms. The Hall–Kier alpha value is -2.36. The van der Waals surface area contributed by atoms with E-state index in [1.807, 2.05) is 73.7 Å². The maximum absolute atomic E-state index is 6.13. The molecule has 0 heterocycles. The lowest BCUT2D eigenvalue weighted by atomic mass is 10.1. The predicted molar refractivity (Wildman–Crippen MR) is 112 cm³/mol. The maximum Gasteiger partial charge on any atom is 0.166 e. The molecule has 0 unspecified atom stereocenters. The van der Waals surface area contributed by atoms with E-state index in [1.165, 1.54) is 0 Å². The van der Waals surface area contributed by atoms with Gasteiger partial charge in [0.2, 0.25) is 0 Å². The molecule has 3 nitrogen and oxygen atoms in total. The standard InChI is InChI=1S/C22H21Cl2NO2/c1-2-26-21-5-3-4-17(14-25-20-12-10-19(24)11-13-20)22(21)27-15-16-6-8-18(23)9-7-16/h3-13,25H,2,14-15H2,1H3. The highest BCUT2D eigenvalue weighted by molar-refractivity contribution is 6.30. The Morgan fingerprint density at radius 1 is 0.815 bits per heavy atom. The second kappa shape index (κ2) is 9.54. The van der Waals surface area contributed by atoms with E-state index in [-0.39, 0.29) is 0 Å². The van der Waals surface area contributed by atoms with Gasteiger partial charge < -0.3 is 14.8 Å². The van der Waals surface area contributed by atoms with E-state index in [4.69, 9.17) is 32.7 Å². The summed E-state index contributed by atoms with van der Waals surface area (Å²) in [6.07, 6.45) is 0. The quantitative estimate of drug-likeness (QED) is 0.462. The Morgan fingerprint density at radius 2 is 1.48 bits per heavy atom. The van der Waals surface area contributed by atoms with E-state index in [9.17, 15) is 0 Å². The lowest BCUT2D eigenvalue weighted by molar-refractivity contribution is 0.267. The minimum absolute atomic E-state index is 0.440. The largest absolute Gasteiger partial charge is 0.490 e. The van der Waals surface area contributed by atoms with E-state index in [0.29, 0.717) is 29.8 Å². The number of para-hydroxylation sites is 1. The molecule has 0 aliphatic carbocycles. The molecule has 3 rings (SSSR count). The van der Waals surface area contributed by atoms with Gasteiger partial charge in [-0.05, 0) is 55.0 Å². The predicted octanol–water partition coefficient (Wildman–Crippen LogP) is 6.58. The molecule has 0 aliphatic heterocycles. The first-order valence-electron chi connectivity index (χ1n) is 8.77. The zero-order chi connectivity index (χ0) is 19.1. The number of anilines is 1. The van der Waals surface area contributed by atoms with Gasteiger partial charge in [0.15, 0.2) is 11.5 Å². The van der Waals surface area contributed by atoms with Gasteiger partial charge in [0.1, 0.15) is 6.61 Å². The molecular formula is C22H21Cl2NO2. The van der Waals surface area contributed by atoms with Crippen LogP contribution in [0, 0.1) is 0 Å². The second-order valence-electron chi connectivity index (χ2n) is 5.95. The van der Waals surface area contributed by atoms with Gasteiger partial charge in [-0.2, -0.15) is 0 Å². The molecule has 0 saturated carbocycles. The van der Waals surface area contributed by atoms with Crippen LogP contribution >= 0.6 is 23.2 Å². The van der Waals surface area contributed by atoms with Crippen molar-refractivity contribution >= 4 is 28.9 Å². The first kappa shape index (κ1) is 19.4. The van der Waals surface area contributed by atoms with Crippen molar-refractivity contribution in [2.45, 2.75) is 20.1 Å². The Labute approximate surface area is 169 Å². The number of hydrogen-bond acceptors (Lipinski definition) is 3. The molecule has 0 aromatic heterocycles. The van der Waals surface area contributed by atoms with Gasteiger partial charge in [-0.1, -0.05) is 47.5 Å². The summed E-state index contributed by atoms with van der Waals surface area (Å²) in [7, 11) is 0. The van der Waals surface area contributed by atoms with Crippen LogP contribution in [0.3, 0.4) is 0 Å². The average Bonchev–Trinajstić information content (AvgIpc) is 2.68. The monoisotopic (exact) mass is 401 g/mol. The number of halogens is 2. The van der Waals surface area contributed by atoms with Crippen LogP contribution in [-0.4, -0.2) is 6.61 Å². The maximum atomic E-state index is 6.13. The van der Waals surface area contributed by atoms with Crippen LogP contribution < -0.4 is 14.8 Å². The van der Waals surface area contributed by atoms with E-state index in [0.717, 1.165) is 28.3 Å². The SMILES string of the molecule is CCOc1cccc(CNc2ccc(Cl)cc2)c1OCc1ccc(Cl)cc1. The lowest BCUT2D eigenvalue weighted by Crippen LogP contribution is -2.06. The van der Waals surface area contributed by atoms with Crippen LogP contribution in [0.2, 0.25) is 10.0 Å². The van der Waals surface area contributed by atoms with Gasteiger partial charge >= 0.3 is 0 Å². The summed E-state index contributed by atoms with van der Waals surface area (Å²) in [5.74, 6) is 1.48. The molecule has 0 fully saturated rings. The van der Waals surface area contributed by atoms with Gasteiger partial charge in [-0.25, -0.2) is 0 Å². The van der Waals surface area contributed by atoms with Crippen LogP contribution in [-0.2, 0) is 13.2 Å². The molecule has 0 saturated heterocycles. The summed E-state index contributed by atoms with van der Waals surface area (Å²) in [4.78, 5) is 0. The number of nitrogens with one attached hydrogen (secondary N) is 1. The lowest BCUT2D eigenvalue weighted by Gasteiger charge is -2.17. The molecule has 3 aromatic carbocycles. The first-order chi connectivity index (χ1) is 13.2. The van der Waals surface area contributed by atoms with Gasteiger partial charge in [-0.3, -0.25) is 0 Å². The topological polar surface area (TPSA) is 30.5 Å². The second-order valence-corrected chi connectivity index (χ2v) is 6.83. The van der Waals surface area contributed by atoms with Crippen LogP contribution in [0.4, 0.5) is 5.69 Å². The number of benzene rings is 3. The summed E-state index contributed by atoms with van der Waals surface area (Å²) in [5, 5.41) is 4.82. The van der Waals surface area contributed by atoms with E-state index < -0.39 is 0 Å². The van der Waals surface area contributed by atoms with Gasteiger partial charge in [0, 0.05) is 27.8 Å². The summed E-state index contributed by atoms with van der Waals surface area (Å²) in [6.45, 7) is 3.58. The Morgan fingerprint density at radius 3 is 2.15 bits per heavy atom. The fraction of sp³-hybridized carbons (Fsp3) is 0.182. The van der Waals surface area contributed by atoms with Crippen LogP contribution in [0.25, 0.3) is 0 Å². The molecule has 0 radical (unpaired) electrons. The Bertz CT molecular complexity index is 864. The number of rotatable bonds is 8. The van der Waals surface area contributed by atoms with Crippen LogP contribution in [0.5, 0.6) is 11.5 Å². The van der Waals surface area contributed by atoms with Crippen molar-refractivity contribution < 1.29 is 9.47 Å². The molecule has 27 heavy (non-hydrogen) atoms.